The van der Waals surface area contributed by atoms with Crippen LogP contribution in [0.3, 0.4) is 0 Å². The van der Waals surface area contributed by atoms with Gasteiger partial charge in [0.1, 0.15) is 0 Å². The molecule has 0 aliphatic carbocycles. The molecule has 0 aliphatic rings. The normalized spacial score (nSPS) is 14.8. The molecular formula is C10H23NO. The van der Waals surface area contributed by atoms with Gasteiger partial charge in [0, 0.05) is 13.2 Å². The number of rotatable bonds is 5. The first-order valence-corrected chi connectivity index (χ1v) is 4.72. The Kier molecular flexibility index (Phi) is 5.51. The molecule has 0 saturated heterocycles. The molecule has 74 valence electrons. The highest BCUT2D eigenvalue weighted by Gasteiger charge is 2.17. The number of hydrogen-bond donors (Lipinski definition) is 1. The quantitative estimate of drug-likeness (QED) is 0.687. The molecule has 0 bridgehead atoms. The third kappa shape index (κ3) is 6.62. The largest absolute Gasteiger partial charge is 0.383 e. The summed E-state index contributed by atoms with van der Waals surface area (Å²) in [4.78, 5) is 0. The molecule has 0 aromatic heterocycles. The smallest absolute Gasteiger partial charge is 0.0616 e. The van der Waals surface area contributed by atoms with E-state index < -0.39 is 0 Å². The van der Waals surface area contributed by atoms with E-state index in [4.69, 9.17) is 4.74 Å². The first kappa shape index (κ1) is 11.9. The van der Waals surface area contributed by atoms with Crippen molar-refractivity contribution in [1.82, 2.24) is 5.32 Å². The topological polar surface area (TPSA) is 21.3 Å². The third-order valence-electron chi connectivity index (χ3n) is 1.72. The lowest BCUT2D eigenvalue weighted by atomic mass is 9.88. The van der Waals surface area contributed by atoms with Crippen molar-refractivity contribution in [3.8, 4) is 0 Å². The van der Waals surface area contributed by atoms with Crippen LogP contribution in [0.25, 0.3) is 0 Å². The van der Waals surface area contributed by atoms with E-state index in [-0.39, 0.29) is 0 Å². The van der Waals surface area contributed by atoms with Gasteiger partial charge in [0.25, 0.3) is 0 Å². The van der Waals surface area contributed by atoms with Crippen molar-refractivity contribution < 1.29 is 4.74 Å². The zero-order valence-electron chi connectivity index (χ0n) is 9.11. The minimum atomic E-state index is 0.380. The second-order valence-electron chi connectivity index (χ2n) is 4.47. The second-order valence-corrected chi connectivity index (χ2v) is 4.47. The molecule has 0 radical (unpaired) electrons. The van der Waals surface area contributed by atoms with Crippen LogP contribution >= 0.6 is 0 Å². The lowest BCUT2D eigenvalue weighted by molar-refractivity contribution is 0.145. The summed E-state index contributed by atoms with van der Waals surface area (Å²) in [6.45, 7) is 10.7. The summed E-state index contributed by atoms with van der Waals surface area (Å²) >= 11 is 0. The standard InChI is InChI=1S/C10H23NO/c1-6-11-9(8-12-5)7-10(2,3)4/h9,11H,6-8H2,1-5H3. The van der Waals surface area contributed by atoms with E-state index in [1.807, 2.05) is 0 Å². The Labute approximate surface area is 76.7 Å². The highest BCUT2D eigenvalue weighted by Crippen LogP contribution is 2.20. The number of likely N-dealkylation sites (N-methyl/N-ethyl adjacent to an activating group) is 1. The maximum atomic E-state index is 5.14. The summed E-state index contributed by atoms with van der Waals surface area (Å²) in [5, 5.41) is 3.42. The average molecular weight is 173 g/mol. The number of methoxy groups -OCH3 is 1. The van der Waals surface area contributed by atoms with Crippen LogP contribution in [0.5, 0.6) is 0 Å². The van der Waals surface area contributed by atoms with Crippen LogP contribution < -0.4 is 5.32 Å². The third-order valence-corrected chi connectivity index (χ3v) is 1.72. The van der Waals surface area contributed by atoms with Crippen molar-refractivity contribution in [1.29, 1.82) is 0 Å². The number of ether oxygens (including phenoxy) is 1. The fraction of sp³-hybridized carbons (Fsp3) is 1.00. The second kappa shape index (κ2) is 5.55. The minimum absolute atomic E-state index is 0.380. The van der Waals surface area contributed by atoms with Gasteiger partial charge < -0.3 is 10.1 Å². The first-order valence-electron chi connectivity index (χ1n) is 4.72. The molecule has 12 heavy (non-hydrogen) atoms. The summed E-state index contributed by atoms with van der Waals surface area (Å²) in [5.74, 6) is 0. The Morgan fingerprint density at radius 3 is 2.25 bits per heavy atom. The molecule has 0 fully saturated rings. The molecule has 0 aromatic rings. The molecule has 1 atom stereocenters. The number of hydrogen-bond acceptors (Lipinski definition) is 2. The molecule has 1 unspecified atom stereocenters. The predicted molar refractivity (Wildman–Crippen MR) is 53.4 cm³/mol. The van der Waals surface area contributed by atoms with Crippen LogP contribution in [-0.2, 0) is 4.74 Å². The zero-order chi connectivity index (χ0) is 9.61. The van der Waals surface area contributed by atoms with Gasteiger partial charge in [-0.1, -0.05) is 27.7 Å². The van der Waals surface area contributed by atoms with Gasteiger partial charge in [0.15, 0.2) is 0 Å². The first-order chi connectivity index (χ1) is 5.49. The Bertz CT molecular complexity index is 101. The average Bonchev–Trinajstić information content (AvgIpc) is 1.84. The lowest BCUT2D eigenvalue weighted by Crippen LogP contribution is -2.36. The van der Waals surface area contributed by atoms with Crippen molar-refractivity contribution in [3.63, 3.8) is 0 Å². The molecule has 0 spiro atoms. The fourth-order valence-corrected chi connectivity index (χ4v) is 1.42. The van der Waals surface area contributed by atoms with Crippen molar-refractivity contribution >= 4 is 0 Å². The molecule has 0 aromatic carbocycles. The van der Waals surface area contributed by atoms with Gasteiger partial charge in [0.2, 0.25) is 0 Å². The van der Waals surface area contributed by atoms with Gasteiger partial charge >= 0.3 is 0 Å². The Morgan fingerprint density at radius 2 is 1.92 bits per heavy atom. The summed E-state index contributed by atoms with van der Waals surface area (Å²) in [6.07, 6.45) is 1.16. The van der Waals surface area contributed by atoms with Crippen LogP contribution in [0, 0.1) is 5.41 Å². The Balaban J connectivity index is 3.77. The SMILES string of the molecule is CCNC(COC)CC(C)(C)C. The van der Waals surface area contributed by atoms with E-state index in [9.17, 15) is 0 Å². The van der Waals surface area contributed by atoms with Gasteiger partial charge in [-0.2, -0.15) is 0 Å². The van der Waals surface area contributed by atoms with E-state index >= 15 is 0 Å². The molecular weight excluding hydrogens is 150 g/mol. The summed E-state index contributed by atoms with van der Waals surface area (Å²) in [7, 11) is 1.76. The van der Waals surface area contributed by atoms with Gasteiger partial charge in [-0.15, -0.1) is 0 Å². The van der Waals surface area contributed by atoms with Crippen LogP contribution in [-0.4, -0.2) is 26.3 Å². The maximum absolute atomic E-state index is 5.14. The Morgan fingerprint density at radius 1 is 1.33 bits per heavy atom. The highest BCUT2D eigenvalue weighted by molar-refractivity contribution is 4.73. The van der Waals surface area contributed by atoms with Crippen LogP contribution in [0.1, 0.15) is 34.1 Å². The van der Waals surface area contributed by atoms with Gasteiger partial charge in [-0.3, -0.25) is 0 Å². The van der Waals surface area contributed by atoms with E-state index in [1.54, 1.807) is 7.11 Å². The van der Waals surface area contributed by atoms with E-state index in [0.717, 1.165) is 19.6 Å². The molecule has 2 nitrogen and oxygen atoms in total. The maximum Gasteiger partial charge on any atom is 0.0616 e. The Hall–Kier alpha value is -0.0800. The monoisotopic (exact) mass is 173 g/mol. The minimum Gasteiger partial charge on any atom is -0.383 e. The van der Waals surface area contributed by atoms with E-state index in [2.05, 4.69) is 33.0 Å². The van der Waals surface area contributed by atoms with E-state index in [0.29, 0.717) is 11.5 Å². The van der Waals surface area contributed by atoms with Crippen LogP contribution in [0.4, 0.5) is 0 Å². The number of nitrogens with one attached hydrogen (secondary N) is 1. The molecule has 0 rings (SSSR count). The zero-order valence-corrected chi connectivity index (χ0v) is 9.11. The van der Waals surface area contributed by atoms with Crippen molar-refractivity contribution in [2.45, 2.75) is 40.2 Å². The highest BCUT2D eigenvalue weighted by atomic mass is 16.5. The van der Waals surface area contributed by atoms with E-state index in [1.165, 1.54) is 0 Å². The van der Waals surface area contributed by atoms with Crippen molar-refractivity contribution in [3.05, 3.63) is 0 Å². The van der Waals surface area contributed by atoms with Crippen molar-refractivity contribution in [2.75, 3.05) is 20.3 Å². The summed E-state index contributed by atoms with van der Waals surface area (Å²) < 4.78 is 5.14. The van der Waals surface area contributed by atoms with Gasteiger partial charge in [-0.25, -0.2) is 0 Å². The van der Waals surface area contributed by atoms with Crippen molar-refractivity contribution in [2.24, 2.45) is 5.41 Å². The lowest BCUT2D eigenvalue weighted by Gasteiger charge is -2.25. The molecule has 1 N–H and O–H groups in total. The van der Waals surface area contributed by atoms with Crippen LogP contribution in [0.2, 0.25) is 0 Å². The van der Waals surface area contributed by atoms with Crippen LogP contribution in [0.15, 0.2) is 0 Å². The molecule has 0 saturated carbocycles. The van der Waals surface area contributed by atoms with Gasteiger partial charge in [0.05, 0.1) is 6.61 Å². The fourth-order valence-electron chi connectivity index (χ4n) is 1.42. The molecule has 2 heteroatoms. The summed E-state index contributed by atoms with van der Waals surface area (Å²) in [6, 6.07) is 0.500. The predicted octanol–water partition coefficient (Wildman–Crippen LogP) is 2.05. The molecule has 0 amide bonds. The summed E-state index contributed by atoms with van der Waals surface area (Å²) in [5.41, 5.74) is 0.380. The molecule has 0 heterocycles. The molecule has 0 aliphatic heterocycles. The van der Waals surface area contributed by atoms with Gasteiger partial charge in [-0.05, 0) is 18.4 Å².